The first-order chi connectivity index (χ1) is 12.0. The number of thioether (sulfide) groups is 1. The van der Waals surface area contributed by atoms with Gasteiger partial charge in [0.2, 0.25) is 11.8 Å². The molecule has 2 fully saturated rings. The number of aromatic nitrogens is 1. The summed E-state index contributed by atoms with van der Waals surface area (Å²) in [5.41, 5.74) is 3.08. The maximum atomic E-state index is 12.7. The molecule has 0 unspecified atom stereocenters. The number of fused-ring (bicyclic) bond motifs is 1. The molecule has 1 N–H and O–H groups in total. The van der Waals surface area contributed by atoms with Crippen LogP contribution in [0.3, 0.4) is 0 Å². The van der Waals surface area contributed by atoms with Crippen molar-refractivity contribution in [3.05, 3.63) is 35.2 Å². The second-order valence-corrected chi connectivity index (χ2v) is 9.02. The lowest BCUT2D eigenvalue weighted by molar-refractivity contribution is -0.135. The number of carbonyl (C=O) groups excluding carboxylic acids is 2. The Kier molecular flexibility index (Phi) is 4.08. The van der Waals surface area contributed by atoms with Gasteiger partial charge in [-0.1, -0.05) is 29.8 Å². The number of benzene rings is 1. The molecule has 4 rings (SSSR count). The van der Waals surface area contributed by atoms with Gasteiger partial charge in [-0.25, -0.2) is 4.98 Å². The zero-order valence-electron chi connectivity index (χ0n) is 14.1. The number of nitrogens with zero attached hydrogens (tertiary/aromatic N) is 2. The molecule has 0 radical (unpaired) electrons. The van der Waals surface area contributed by atoms with Gasteiger partial charge in [-0.2, -0.15) is 0 Å². The molecular weight excluding hydrogens is 354 g/mol. The highest BCUT2D eigenvalue weighted by molar-refractivity contribution is 8.01. The van der Waals surface area contributed by atoms with Crippen molar-refractivity contribution in [1.82, 2.24) is 9.88 Å². The average Bonchev–Trinajstić information content (AvgIpc) is 3.25. The molecule has 0 saturated carbocycles. The van der Waals surface area contributed by atoms with Crippen LogP contribution in [-0.2, 0) is 9.59 Å². The molecule has 0 spiro atoms. The van der Waals surface area contributed by atoms with Crippen molar-refractivity contribution < 1.29 is 9.59 Å². The number of amides is 2. The van der Waals surface area contributed by atoms with E-state index < -0.39 is 6.04 Å². The van der Waals surface area contributed by atoms with E-state index in [1.54, 1.807) is 16.7 Å². The van der Waals surface area contributed by atoms with Crippen LogP contribution >= 0.6 is 23.1 Å². The lowest BCUT2D eigenvalue weighted by Gasteiger charge is -2.29. The predicted molar refractivity (Wildman–Crippen MR) is 102 cm³/mol. The monoisotopic (exact) mass is 373 g/mol. The van der Waals surface area contributed by atoms with Gasteiger partial charge in [-0.05, 0) is 20.3 Å². The standard InChI is InChI=1S/C18H19N3O2S2/c1-11-3-5-12(6-4-11)13-9-24-17(19-13)20-16(23)14-10-25-18(2)8-7-15(22)21(14)18/h3-6,9,14H,7-8,10H2,1-2H3,(H,19,20,23)/t14-,18-/m1/s1. The molecule has 2 aliphatic heterocycles. The second kappa shape index (κ2) is 6.14. The molecule has 0 aliphatic carbocycles. The van der Waals surface area contributed by atoms with Gasteiger partial charge in [0.05, 0.1) is 10.6 Å². The fourth-order valence-electron chi connectivity index (χ4n) is 3.39. The molecule has 3 heterocycles. The molecule has 2 amide bonds. The molecule has 2 aromatic rings. The van der Waals surface area contributed by atoms with Crippen LogP contribution < -0.4 is 5.32 Å². The van der Waals surface area contributed by atoms with Crippen LogP contribution in [0, 0.1) is 6.92 Å². The third-order valence-corrected chi connectivity index (χ3v) is 7.09. The van der Waals surface area contributed by atoms with Gasteiger partial charge in [0.25, 0.3) is 0 Å². The molecule has 5 nitrogen and oxygen atoms in total. The number of nitrogens with one attached hydrogen (secondary N) is 1. The SMILES string of the molecule is Cc1ccc(-c2csc(NC(=O)[C@H]3CS[C@]4(C)CCC(=O)N34)n2)cc1. The van der Waals surface area contributed by atoms with Crippen LogP contribution in [0.2, 0.25) is 0 Å². The number of hydrogen-bond donors (Lipinski definition) is 1. The van der Waals surface area contributed by atoms with Crippen molar-refractivity contribution in [2.45, 2.75) is 37.6 Å². The summed E-state index contributed by atoms with van der Waals surface area (Å²) in [6.07, 6.45) is 1.34. The number of rotatable bonds is 3. The van der Waals surface area contributed by atoms with Gasteiger partial charge in [-0.15, -0.1) is 23.1 Å². The fraction of sp³-hybridized carbons (Fsp3) is 0.389. The van der Waals surface area contributed by atoms with E-state index in [4.69, 9.17) is 0 Å². The Labute approximate surface area is 154 Å². The first-order valence-corrected chi connectivity index (χ1v) is 10.1. The first kappa shape index (κ1) is 16.6. The van der Waals surface area contributed by atoms with E-state index in [9.17, 15) is 9.59 Å². The largest absolute Gasteiger partial charge is 0.315 e. The minimum Gasteiger partial charge on any atom is -0.315 e. The third kappa shape index (κ3) is 2.95. The third-order valence-electron chi connectivity index (χ3n) is 4.83. The average molecular weight is 374 g/mol. The lowest BCUT2D eigenvalue weighted by Crippen LogP contribution is -2.48. The number of aryl methyl sites for hydroxylation is 1. The Morgan fingerprint density at radius 3 is 2.88 bits per heavy atom. The van der Waals surface area contributed by atoms with Gasteiger partial charge in [0.1, 0.15) is 6.04 Å². The molecule has 2 saturated heterocycles. The summed E-state index contributed by atoms with van der Waals surface area (Å²) in [6.45, 7) is 4.10. The van der Waals surface area contributed by atoms with Gasteiger partial charge >= 0.3 is 0 Å². The first-order valence-electron chi connectivity index (χ1n) is 8.26. The smallest absolute Gasteiger partial charge is 0.249 e. The van der Waals surface area contributed by atoms with Crippen molar-refractivity contribution in [3.63, 3.8) is 0 Å². The molecule has 2 aliphatic rings. The summed E-state index contributed by atoms with van der Waals surface area (Å²) in [7, 11) is 0. The Hall–Kier alpha value is -1.86. The highest BCUT2D eigenvalue weighted by atomic mass is 32.2. The highest BCUT2D eigenvalue weighted by Gasteiger charge is 2.52. The maximum Gasteiger partial charge on any atom is 0.249 e. The molecule has 0 bridgehead atoms. The van der Waals surface area contributed by atoms with Crippen LogP contribution in [0.4, 0.5) is 5.13 Å². The second-order valence-electron chi connectivity index (χ2n) is 6.66. The van der Waals surface area contributed by atoms with Crippen molar-refractivity contribution in [3.8, 4) is 11.3 Å². The summed E-state index contributed by atoms with van der Waals surface area (Å²) >= 11 is 3.10. The van der Waals surface area contributed by atoms with Crippen LogP contribution in [-0.4, -0.2) is 38.4 Å². The summed E-state index contributed by atoms with van der Waals surface area (Å²) in [6, 6.07) is 7.73. The van der Waals surface area contributed by atoms with Crippen LogP contribution in [0.25, 0.3) is 11.3 Å². The summed E-state index contributed by atoms with van der Waals surface area (Å²) in [4.78, 5) is 30.9. The Morgan fingerprint density at radius 1 is 1.36 bits per heavy atom. The Bertz CT molecular complexity index is 833. The number of thiazole rings is 1. The van der Waals surface area contributed by atoms with Gasteiger partial charge < -0.3 is 10.2 Å². The quantitative estimate of drug-likeness (QED) is 0.894. The molecule has 2 atom stereocenters. The van der Waals surface area contributed by atoms with Gasteiger partial charge in [0, 0.05) is 23.1 Å². The van der Waals surface area contributed by atoms with Crippen molar-refractivity contribution in [1.29, 1.82) is 0 Å². The van der Waals surface area contributed by atoms with Crippen LogP contribution in [0.1, 0.15) is 25.3 Å². The van der Waals surface area contributed by atoms with Gasteiger partial charge in [-0.3, -0.25) is 9.59 Å². The number of anilines is 1. The van der Waals surface area contributed by atoms with E-state index in [-0.39, 0.29) is 16.7 Å². The van der Waals surface area contributed by atoms with E-state index in [2.05, 4.69) is 17.2 Å². The van der Waals surface area contributed by atoms with Gasteiger partial charge in [0.15, 0.2) is 5.13 Å². The topological polar surface area (TPSA) is 62.3 Å². The highest BCUT2D eigenvalue weighted by Crippen LogP contribution is 2.47. The summed E-state index contributed by atoms with van der Waals surface area (Å²) < 4.78 is 0. The lowest BCUT2D eigenvalue weighted by atomic mass is 10.1. The fourth-order valence-corrected chi connectivity index (χ4v) is 5.55. The number of hydrogen-bond acceptors (Lipinski definition) is 5. The maximum absolute atomic E-state index is 12.7. The molecule has 7 heteroatoms. The minimum atomic E-state index is -0.406. The Balaban J connectivity index is 1.49. The molecular formula is C18H19N3O2S2. The van der Waals surface area contributed by atoms with E-state index in [1.165, 1.54) is 16.9 Å². The number of carbonyl (C=O) groups is 2. The molecule has 1 aromatic carbocycles. The predicted octanol–water partition coefficient (Wildman–Crippen LogP) is 3.51. The molecule has 130 valence electrons. The zero-order chi connectivity index (χ0) is 17.6. The van der Waals surface area contributed by atoms with Crippen molar-refractivity contribution >= 4 is 40.0 Å². The Morgan fingerprint density at radius 2 is 2.12 bits per heavy atom. The van der Waals surface area contributed by atoms with E-state index in [0.29, 0.717) is 17.3 Å². The molecule has 25 heavy (non-hydrogen) atoms. The van der Waals surface area contributed by atoms with E-state index in [1.807, 2.05) is 36.6 Å². The zero-order valence-corrected chi connectivity index (χ0v) is 15.7. The van der Waals surface area contributed by atoms with Crippen molar-refractivity contribution in [2.75, 3.05) is 11.1 Å². The molecule has 1 aromatic heterocycles. The van der Waals surface area contributed by atoms with Crippen LogP contribution in [0.15, 0.2) is 29.6 Å². The van der Waals surface area contributed by atoms with E-state index >= 15 is 0 Å². The normalized spacial score (nSPS) is 25.3. The summed E-state index contributed by atoms with van der Waals surface area (Å²) in [5, 5.41) is 5.41. The van der Waals surface area contributed by atoms with E-state index in [0.717, 1.165) is 17.7 Å². The van der Waals surface area contributed by atoms with Crippen molar-refractivity contribution in [2.24, 2.45) is 0 Å². The van der Waals surface area contributed by atoms with Crippen LogP contribution in [0.5, 0.6) is 0 Å². The summed E-state index contributed by atoms with van der Waals surface area (Å²) in [5.74, 6) is 0.577. The minimum absolute atomic E-state index is 0.0760.